The molecule has 1 aliphatic heterocycles. The molecule has 2 rings (SSSR count). The zero-order valence-corrected chi connectivity index (χ0v) is 11.8. The predicted octanol–water partition coefficient (Wildman–Crippen LogP) is 2.37. The molecule has 2 aliphatic rings. The highest BCUT2D eigenvalue weighted by Gasteiger charge is 2.55. The molecule has 1 amide bonds. The van der Waals surface area contributed by atoms with E-state index in [1.54, 1.807) is 0 Å². The molecule has 3 nitrogen and oxygen atoms in total. The summed E-state index contributed by atoms with van der Waals surface area (Å²) in [4.78, 5) is 14.5. The zero-order chi connectivity index (χ0) is 12.8. The van der Waals surface area contributed by atoms with Crippen LogP contribution in [0, 0.1) is 11.3 Å². The highest BCUT2D eigenvalue weighted by molar-refractivity contribution is 5.85. The van der Waals surface area contributed by atoms with Gasteiger partial charge in [0.1, 0.15) is 0 Å². The van der Waals surface area contributed by atoms with Gasteiger partial charge in [0.15, 0.2) is 0 Å². The second-order valence-corrected chi connectivity index (χ2v) is 6.73. The van der Waals surface area contributed by atoms with Crippen LogP contribution < -0.4 is 5.32 Å². The average molecular weight is 238 g/mol. The lowest BCUT2D eigenvalue weighted by molar-refractivity contribution is -0.131. The maximum absolute atomic E-state index is 12.4. The van der Waals surface area contributed by atoms with Gasteiger partial charge >= 0.3 is 0 Å². The molecule has 1 aliphatic carbocycles. The summed E-state index contributed by atoms with van der Waals surface area (Å²) in [6.45, 7) is 11.1. The Morgan fingerprint density at radius 2 is 2.06 bits per heavy atom. The number of nitrogens with zero attached hydrogens (tertiary/aromatic N) is 1. The fourth-order valence-corrected chi connectivity index (χ4v) is 2.92. The third kappa shape index (κ3) is 2.35. The molecular weight excluding hydrogens is 212 g/mol. The van der Waals surface area contributed by atoms with Crippen LogP contribution in [-0.2, 0) is 4.79 Å². The van der Waals surface area contributed by atoms with Crippen LogP contribution in [0.2, 0.25) is 0 Å². The minimum absolute atomic E-state index is 0.0511. The summed E-state index contributed by atoms with van der Waals surface area (Å²) in [6.07, 6.45) is 3.39. The van der Waals surface area contributed by atoms with E-state index in [1.165, 1.54) is 0 Å². The quantitative estimate of drug-likeness (QED) is 0.815. The van der Waals surface area contributed by atoms with E-state index in [4.69, 9.17) is 0 Å². The molecule has 0 aromatic heterocycles. The fourth-order valence-electron chi connectivity index (χ4n) is 2.92. The molecular formula is C14H26N2O. The lowest BCUT2D eigenvalue weighted by Gasteiger charge is -2.27. The van der Waals surface area contributed by atoms with E-state index in [2.05, 4.69) is 44.8 Å². The topological polar surface area (TPSA) is 32.3 Å². The first-order valence-corrected chi connectivity index (χ1v) is 6.95. The van der Waals surface area contributed by atoms with Crippen molar-refractivity contribution in [2.75, 3.05) is 0 Å². The Labute approximate surface area is 105 Å². The maximum Gasteiger partial charge on any atom is 0.241 e. The van der Waals surface area contributed by atoms with E-state index in [0.717, 1.165) is 19.3 Å². The molecule has 3 unspecified atom stereocenters. The monoisotopic (exact) mass is 238 g/mol. The summed E-state index contributed by atoms with van der Waals surface area (Å²) in [6, 6.07) is 0.512. The number of rotatable bonds is 4. The van der Waals surface area contributed by atoms with Crippen molar-refractivity contribution in [3.05, 3.63) is 0 Å². The number of nitrogens with one attached hydrogen (secondary N) is 1. The highest BCUT2D eigenvalue weighted by Crippen LogP contribution is 2.50. The Balaban J connectivity index is 2.11. The molecule has 0 aromatic carbocycles. The first kappa shape index (κ1) is 12.9. The van der Waals surface area contributed by atoms with Crippen molar-refractivity contribution in [1.29, 1.82) is 0 Å². The molecule has 0 bridgehead atoms. The molecule has 1 heterocycles. The van der Waals surface area contributed by atoms with Crippen molar-refractivity contribution >= 4 is 5.91 Å². The van der Waals surface area contributed by atoms with Crippen molar-refractivity contribution < 1.29 is 4.79 Å². The summed E-state index contributed by atoms with van der Waals surface area (Å²) >= 11 is 0. The second kappa shape index (κ2) is 4.27. The summed E-state index contributed by atoms with van der Waals surface area (Å²) in [5, 5.41) is 3.51. The van der Waals surface area contributed by atoms with Crippen molar-refractivity contribution in [3.63, 3.8) is 0 Å². The van der Waals surface area contributed by atoms with E-state index in [0.29, 0.717) is 23.3 Å². The van der Waals surface area contributed by atoms with Crippen LogP contribution in [-0.4, -0.2) is 29.1 Å². The number of hydrogen-bond donors (Lipinski definition) is 1. The van der Waals surface area contributed by atoms with Crippen LogP contribution in [0.15, 0.2) is 0 Å². The SMILES string of the molecule is CCC1NC(CC(C)C)N(C2CC2(C)C)C1=O. The second-order valence-electron chi connectivity index (χ2n) is 6.73. The molecule has 2 fully saturated rings. The normalized spacial score (nSPS) is 35.8. The number of carbonyl (C=O) groups is 1. The van der Waals surface area contributed by atoms with Gasteiger partial charge < -0.3 is 4.90 Å². The van der Waals surface area contributed by atoms with Crippen molar-refractivity contribution in [2.45, 2.75) is 72.1 Å². The predicted molar refractivity (Wildman–Crippen MR) is 69.5 cm³/mol. The van der Waals surface area contributed by atoms with Gasteiger partial charge in [0, 0.05) is 6.04 Å². The van der Waals surface area contributed by atoms with Gasteiger partial charge in [0.2, 0.25) is 5.91 Å². The minimum atomic E-state index is 0.0511. The number of amides is 1. The minimum Gasteiger partial charge on any atom is -0.322 e. The van der Waals surface area contributed by atoms with E-state index in [-0.39, 0.29) is 12.2 Å². The summed E-state index contributed by atoms with van der Waals surface area (Å²) in [5.41, 5.74) is 0.329. The Morgan fingerprint density at radius 3 is 2.47 bits per heavy atom. The highest BCUT2D eigenvalue weighted by atomic mass is 16.2. The van der Waals surface area contributed by atoms with Gasteiger partial charge in [-0.25, -0.2) is 0 Å². The summed E-state index contributed by atoms with van der Waals surface area (Å²) < 4.78 is 0. The first-order valence-electron chi connectivity index (χ1n) is 6.95. The largest absolute Gasteiger partial charge is 0.322 e. The molecule has 1 saturated carbocycles. The molecule has 0 radical (unpaired) electrons. The molecule has 3 heteroatoms. The van der Waals surface area contributed by atoms with E-state index in [9.17, 15) is 4.79 Å². The number of carbonyl (C=O) groups excluding carboxylic acids is 1. The van der Waals surface area contributed by atoms with Crippen LogP contribution in [0.3, 0.4) is 0 Å². The van der Waals surface area contributed by atoms with Gasteiger partial charge in [-0.1, -0.05) is 34.6 Å². The van der Waals surface area contributed by atoms with E-state index in [1.807, 2.05) is 0 Å². The Hall–Kier alpha value is -0.570. The standard InChI is InChI=1S/C14H26N2O/c1-6-10-13(17)16(11-8-14(11,4)5)12(15-10)7-9(2)3/h9-12,15H,6-8H2,1-5H3. The van der Waals surface area contributed by atoms with Crippen molar-refractivity contribution in [2.24, 2.45) is 11.3 Å². The fraction of sp³-hybridized carbons (Fsp3) is 0.929. The first-order chi connectivity index (χ1) is 7.86. The van der Waals surface area contributed by atoms with Gasteiger partial charge in [-0.15, -0.1) is 0 Å². The molecule has 98 valence electrons. The molecule has 1 N–H and O–H groups in total. The summed E-state index contributed by atoms with van der Waals surface area (Å²) in [5.74, 6) is 0.953. The molecule has 0 spiro atoms. The maximum atomic E-state index is 12.4. The molecule has 0 aromatic rings. The van der Waals surface area contributed by atoms with Crippen LogP contribution in [0.1, 0.15) is 53.9 Å². The third-order valence-corrected chi connectivity index (χ3v) is 4.18. The van der Waals surface area contributed by atoms with E-state index < -0.39 is 0 Å². The van der Waals surface area contributed by atoms with Gasteiger partial charge in [-0.3, -0.25) is 10.1 Å². The lowest BCUT2D eigenvalue weighted by atomic mass is 10.1. The molecule has 17 heavy (non-hydrogen) atoms. The van der Waals surface area contributed by atoms with E-state index >= 15 is 0 Å². The molecule has 1 saturated heterocycles. The zero-order valence-electron chi connectivity index (χ0n) is 11.8. The average Bonchev–Trinajstić information content (AvgIpc) is 2.69. The van der Waals surface area contributed by atoms with Gasteiger partial charge in [0.05, 0.1) is 12.2 Å². The van der Waals surface area contributed by atoms with Crippen LogP contribution in [0.5, 0.6) is 0 Å². The van der Waals surface area contributed by atoms with Gasteiger partial charge in [-0.2, -0.15) is 0 Å². The molecule has 3 atom stereocenters. The summed E-state index contributed by atoms with van der Waals surface area (Å²) in [7, 11) is 0. The smallest absolute Gasteiger partial charge is 0.241 e. The van der Waals surface area contributed by atoms with Crippen molar-refractivity contribution in [3.8, 4) is 0 Å². The van der Waals surface area contributed by atoms with Gasteiger partial charge in [0.25, 0.3) is 0 Å². The van der Waals surface area contributed by atoms with Crippen molar-refractivity contribution in [1.82, 2.24) is 10.2 Å². The Bertz CT molecular complexity index is 311. The Morgan fingerprint density at radius 1 is 1.47 bits per heavy atom. The van der Waals surface area contributed by atoms with Crippen LogP contribution in [0.4, 0.5) is 0 Å². The Kier molecular flexibility index (Phi) is 3.23. The van der Waals surface area contributed by atoms with Gasteiger partial charge in [-0.05, 0) is 30.6 Å². The lowest BCUT2D eigenvalue weighted by Crippen LogP contribution is -2.41. The van der Waals surface area contributed by atoms with Crippen LogP contribution >= 0.6 is 0 Å². The third-order valence-electron chi connectivity index (χ3n) is 4.18. The van der Waals surface area contributed by atoms with Crippen LogP contribution in [0.25, 0.3) is 0 Å². The number of hydrogen-bond acceptors (Lipinski definition) is 2.